The zero-order chi connectivity index (χ0) is 18.4. The molecular weight excluding hydrogens is 324 g/mol. The third-order valence-corrected chi connectivity index (χ3v) is 3.73. The first-order chi connectivity index (χ1) is 12.0. The molecular formula is C18H24N2O5. The van der Waals surface area contributed by atoms with Crippen molar-refractivity contribution in [3.63, 3.8) is 0 Å². The number of anilines is 2. The van der Waals surface area contributed by atoms with Gasteiger partial charge in [-0.25, -0.2) is 9.59 Å². The van der Waals surface area contributed by atoms with Crippen LogP contribution in [0.25, 0.3) is 0 Å². The van der Waals surface area contributed by atoms with E-state index in [1.165, 1.54) is 14.2 Å². The van der Waals surface area contributed by atoms with Gasteiger partial charge in [0.15, 0.2) is 0 Å². The van der Waals surface area contributed by atoms with Gasteiger partial charge >= 0.3 is 11.9 Å². The Labute approximate surface area is 147 Å². The SMILES string of the molecule is COC(=O)C1=C(C(=O)OC)N(c2ccccc2NCC(C)C)COC1. The van der Waals surface area contributed by atoms with Crippen LogP contribution in [0.5, 0.6) is 0 Å². The summed E-state index contributed by atoms with van der Waals surface area (Å²) in [6, 6.07) is 7.53. The second-order valence-corrected chi connectivity index (χ2v) is 6.01. The van der Waals surface area contributed by atoms with Crippen LogP contribution < -0.4 is 10.2 Å². The zero-order valence-electron chi connectivity index (χ0n) is 15.0. The molecule has 0 unspecified atom stereocenters. The van der Waals surface area contributed by atoms with E-state index in [0.717, 1.165) is 17.9 Å². The van der Waals surface area contributed by atoms with E-state index >= 15 is 0 Å². The molecule has 2 rings (SSSR count). The van der Waals surface area contributed by atoms with E-state index in [1.807, 2.05) is 24.3 Å². The molecule has 136 valence electrons. The van der Waals surface area contributed by atoms with Crippen molar-refractivity contribution in [1.29, 1.82) is 0 Å². The van der Waals surface area contributed by atoms with Gasteiger partial charge in [0.1, 0.15) is 12.4 Å². The minimum atomic E-state index is -0.613. The van der Waals surface area contributed by atoms with Crippen molar-refractivity contribution in [1.82, 2.24) is 0 Å². The van der Waals surface area contributed by atoms with Crippen LogP contribution in [0.3, 0.4) is 0 Å². The minimum Gasteiger partial charge on any atom is -0.466 e. The molecule has 1 N–H and O–H groups in total. The van der Waals surface area contributed by atoms with Crippen LogP contribution in [0.2, 0.25) is 0 Å². The lowest BCUT2D eigenvalue weighted by atomic mass is 10.1. The molecule has 0 amide bonds. The summed E-state index contributed by atoms with van der Waals surface area (Å²) in [5.74, 6) is -0.771. The van der Waals surface area contributed by atoms with E-state index in [-0.39, 0.29) is 24.6 Å². The van der Waals surface area contributed by atoms with Crippen LogP contribution in [0, 0.1) is 5.92 Å². The normalized spacial score (nSPS) is 14.5. The molecule has 7 nitrogen and oxygen atoms in total. The number of hydrogen-bond acceptors (Lipinski definition) is 7. The Morgan fingerprint density at radius 2 is 1.88 bits per heavy atom. The van der Waals surface area contributed by atoms with E-state index in [1.54, 1.807) is 4.90 Å². The number of esters is 2. The Bertz CT molecular complexity index is 669. The van der Waals surface area contributed by atoms with Crippen molar-refractivity contribution >= 4 is 23.3 Å². The molecule has 0 saturated heterocycles. The number of ether oxygens (including phenoxy) is 3. The summed E-state index contributed by atoms with van der Waals surface area (Å²) in [7, 11) is 2.54. The highest BCUT2D eigenvalue weighted by Crippen LogP contribution is 2.32. The molecule has 1 aliphatic heterocycles. The quantitative estimate of drug-likeness (QED) is 0.789. The predicted molar refractivity (Wildman–Crippen MR) is 94.1 cm³/mol. The average Bonchev–Trinajstić information content (AvgIpc) is 2.64. The average molecular weight is 348 g/mol. The van der Waals surface area contributed by atoms with Crippen molar-refractivity contribution in [2.45, 2.75) is 13.8 Å². The second-order valence-electron chi connectivity index (χ2n) is 6.01. The van der Waals surface area contributed by atoms with Gasteiger partial charge in [-0.3, -0.25) is 0 Å². The van der Waals surface area contributed by atoms with Gasteiger partial charge in [0.05, 0.1) is 37.8 Å². The second kappa shape index (κ2) is 8.53. The van der Waals surface area contributed by atoms with E-state index < -0.39 is 11.9 Å². The van der Waals surface area contributed by atoms with Crippen LogP contribution in [0.15, 0.2) is 35.5 Å². The summed E-state index contributed by atoms with van der Waals surface area (Å²) >= 11 is 0. The first-order valence-electron chi connectivity index (χ1n) is 8.07. The Morgan fingerprint density at radius 3 is 2.52 bits per heavy atom. The molecule has 0 spiro atoms. The molecule has 0 atom stereocenters. The lowest BCUT2D eigenvalue weighted by molar-refractivity contribution is -0.140. The van der Waals surface area contributed by atoms with E-state index in [2.05, 4.69) is 19.2 Å². The van der Waals surface area contributed by atoms with E-state index in [0.29, 0.717) is 5.92 Å². The third-order valence-electron chi connectivity index (χ3n) is 3.73. The highest BCUT2D eigenvalue weighted by molar-refractivity contribution is 6.04. The lowest BCUT2D eigenvalue weighted by Gasteiger charge is -2.32. The van der Waals surface area contributed by atoms with Gasteiger partial charge in [0.25, 0.3) is 0 Å². The number of para-hydroxylation sites is 2. The van der Waals surface area contributed by atoms with E-state index in [4.69, 9.17) is 14.2 Å². The van der Waals surface area contributed by atoms with Crippen LogP contribution in [0.4, 0.5) is 11.4 Å². The van der Waals surface area contributed by atoms with Crippen molar-refractivity contribution < 1.29 is 23.8 Å². The molecule has 0 aliphatic carbocycles. The molecule has 0 fully saturated rings. The van der Waals surface area contributed by atoms with Crippen molar-refractivity contribution in [2.75, 3.05) is 44.3 Å². The monoisotopic (exact) mass is 348 g/mol. The number of methoxy groups -OCH3 is 2. The molecule has 0 saturated carbocycles. The van der Waals surface area contributed by atoms with Gasteiger partial charge in [-0.15, -0.1) is 0 Å². The number of nitrogens with zero attached hydrogens (tertiary/aromatic N) is 1. The number of rotatable bonds is 6. The number of hydrogen-bond donors (Lipinski definition) is 1. The maximum atomic E-state index is 12.4. The first-order valence-corrected chi connectivity index (χ1v) is 8.07. The van der Waals surface area contributed by atoms with Gasteiger partial charge < -0.3 is 24.4 Å². The summed E-state index contributed by atoms with van der Waals surface area (Å²) in [4.78, 5) is 26.0. The van der Waals surface area contributed by atoms with Gasteiger partial charge in [0, 0.05) is 6.54 Å². The van der Waals surface area contributed by atoms with Gasteiger partial charge in [0.2, 0.25) is 0 Å². The maximum Gasteiger partial charge on any atom is 0.355 e. The van der Waals surface area contributed by atoms with Gasteiger partial charge in [-0.05, 0) is 18.1 Å². The Balaban J connectivity index is 2.49. The Kier molecular flexibility index (Phi) is 6.41. The van der Waals surface area contributed by atoms with Crippen molar-refractivity contribution in [2.24, 2.45) is 5.92 Å². The predicted octanol–water partition coefficient (Wildman–Crippen LogP) is 2.15. The summed E-state index contributed by atoms with van der Waals surface area (Å²) in [6.07, 6.45) is 0. The third kappa shape index (κ3) is 4.30. The fourth-order valence-electron chi connectivity index (χ4n) is 2.51. The van der Waals surface area contributed by atoms with Crippen LogP contribution in [-0.4, -0.2) is 46.0 Å². The smallest absolute Gasteiger partial charge is 0.355 e. The standard InChI is InChI=1S/C18H24N2O5/c1-12(2)9-19-14-7-5-6-8-15(14)20-11-25-10-13(17(21)23-3)16(20)18(22)24-4/h5-8,12,19H,9-11H2,1-4H3. The molecule has 1 aromatic carbocycles. The molecule has 1 heterocycles. The summed E-state index contributed by atoms with van der Waals surface area (Å²) < 4.78 is 15.2. The van der Waals surface area contributed by atoms with Gasteiger partial charge in [-0.1, -0.05) is 26.0 Å². The maximum absolute atomic E-state index is 12.4. The first kappa shape index (κ1) is 18.8. The lowest BCUT2D eigenvalue weighted by Crippen LogP contribution is -2.39. The molecule has 1 aromatic rings. The molecule has 25 heavy (non-hydrogen) atoms. The van der Waals surface area contributed by atoms with E-state index in [9.17, 15) is 9.59 Å². The molecule has 7 heteroatoms. The number of nitrogens with one attached hydrogen (secondary N) is 1. The largest absolute Gasteiger partial charge is 0.466 e. The molecule has 0 aromatic heterocycles. The summed E-state index contributed by atoms with van der Waals surface area (Å²) in [6.45, 7) is 5.11. The number of carbonyl (C=O) groups is 2. The number of carbonyl (C=O) groups excluding carboxylic acids is 2. The summed E-state index contributed by atoms with van der Waals surface area (Å²) in [5.41, 5.74) is 1.84. The molecule has 0 bridgehead atoms. The molecule has 0 radical (unpaired) electrons. The molecule has 1 aliphatic rings. The Morgan fingerprint density at radius 1 is 1.20 bits per heavy atom. The van der Waals surface area contributed by atoms with Crippen LogP contribution >= 0.6 is 0 Å². The Hall–Kier alpha value is -2.54. The zero-order valence-corrected chi connectivity index (χ0v) is 15.0. The topological polar surface area (TPSA) is 77.1 Å². The fraction of sp³-hybridized carbons (Fsp3) is 0.444. The minimum absolute atomic E-state index is 0.00477. The van der Waals surface area contributed by atoms with Gasteiger partial charge in [-0.2, -0.15) is 0 Å². The van der Waals surface area contributed by atoms with Crippen molar-refractivity contribution in [3.05, 3.63) is 35.5 Å². The highest BCUT2D eigenvalue weighted by atomic mass is 16.5. The van der Waals surface area contributed by atoms with Crippen molar-refractivity contribution in [3.8, 4) is 0 Å². The van der Waals surface area contributed by atoms with Crippen LogP contribution in [0.1, 0.15) is 13.8 Å². The highest BCUT2D eigenvalue weighted by Gasteiger charge is 2.33. The fourth-order valence-corrected chi connectivity index (χ4v) is 2.51. The van der Waals surface area contributed by atoms with Crippen LogP contribution in [-0.2, 0) is 23.8 Å². The number of benzene rings is 1. The summed E-state index contributed by atoms with van der Waals surface area (Å²) in [5, 5.41) is 3.36.